The normalized spacial score (nSPS) is 27.6. The average molecular weight is 279 g/mol. The fourth-order valence-electron chi connectivity index (χ4n) is 2.63. The van der Waals surface area contributed by atoms with E-state index in [9.17, 15) is 5.11 Å². The van der Waals surface area contributed by atoms with Crippen LogP contribution in [0.5, 0.6) is 5.75 Å². The Bertz CT molecular complexity index is 463. The molecule has 20 heavy (non-hydrogen) atoms. The summed E-state index contributed by atoms with van der Waals surface area (Å²) in [6.45, 7) is 7.22. The minimum absolute atomic E-state index is 0.113. The Morgan fingerprint density at radius 3 is 2.90 bits per heavy atom. The third kappa shape index (κ3) is 3.14. The second-order valence-electron chi connectivity index (χ2n) is 5.71. The van der Waals surface area contributed by atoms with Crippen molar-refractivity contribution in [3.05, 3.63) is 29.3 Å². The van der Waals surface area contributed by atoms with Crippen LogP contribution >= 0.6 is 0 Å². The molecule has 1 aromatic carbocycles. The second kappa shape index (κ2) is 6.12. The molecule has 4 heteroatoms. The van der Waals surface area contributed by atoms with E-state index < -0.39 is 5.60 Å². The first-order valence-corrected chi connectivity index (χ1v) is 7.18. The summed E-state index contributed by atoms with van der Waals surface area (Å²) in [6, 6.07) is 6.25. The summed E-state index contributed by atoms with van der Waals surface area (Å²) in [5.74, 6) is 0.873. The monoisotopic (exact) mass is 279 g/mol. The van der Waals surface area contributed by atoms with Crippen LogP contribution in [0.15, 0.2) is 18.2 Å². The van der Waals surface area contributed by atoms with Crippen LogP contribution in [0.25, 0.3) is 0 Å². The fourth-order valence-corrected chi connectivity index (χ4v) is 2.63. The lowest BCUT2D eigenvalue weighted by Crippen LogP contribution is -2.46. The fraction of sp³-hybridized carbons (Fsp3) is 0.625. The van der Waals surface area contributed by atoms with Crippen LogP contribution in [0, 0.1) is 6.92 Å². The zero-order valence-electron chi connectivity index (χ0n) is 12.8. The summed E-state index contributed by atoms with van der Waals surface area (Å²) in [5.41, 5.74) is 1.54. The van der Waals surface area contributed by atoms with Gasteiger partial charge in [-0.3, -0.25) is 0 Å². The molecule has 4 nitrogen and oxygen atoms in total. The van der Waals surface area contributed by atoms with E-state index in [1.807, 2.05) is 19.1 Å². The predicted molar refractivity (Wildman–Crippen MR) is 79.1 cm³/mol. The standard InChI is InChI=1S/C16H25NO3/c1-11-5-6-15(19-4)14(9-11)12(2)17-10-16(18)7-8-20-13(16)3/h5-6,9,12-13,17-18H,7-8,10H2,1-4H3. The maximum atomic E-state index is 10.5. The van der Waals surface area contributed by atoms with Gasteiger partial charge in [-0.25, -0.2) is 0 Å². The molecule has 3 atom stereocenters. The van der Waals surface area contributed by atoms with E-state index >= 15 is 0 Å². The van der Waals surface area contributed by atoms with E-state index in [0.717, 1.165) is 11.3 Å². The molecule has 1 aliphatic heterocycles. The summed E-state index contributed by atoms with van der Waals surface area (Å²) in [7, 11) is 1.68. The van der Waals surface area contributed by atoms with E-state index in [-0.39, 0.29) is 12.1 Å². The molecule has 0 saturated carbocycles. The number of aliphatic hydroxyl groups is 1. The molecule has 2 N–H and O–H groups in total. The van der Waals surface area contributed by atoms with E-state index in [0.29, 0.717) is 19.6 Å². The van der Waals surface area contributed by atoms with Gasteiger partial charge in [-0.1, -0.05) is 17.7 Å². The third-order valence-corrected chi connectivity index (χ3v) is 4.23. The van der Waals surface area contributed by atoms with Crippen LogP contribution in [0.2, 0.25) is 0 Å². The maximum Gasteiger partial charge on any atom is 0.123 e. The lowest BCUT2D eigenvalue weighted by atomic mass is 9.95. The largest absolute Gasteiger partial charge is 0.496 e. The molecule has 0 aromatic heterocycles. The molecule has 1 aromatic rings. The SMILES string of the molecule is COc1ccc(C)cc1C(C)NCC1(O)CCOC1C. The van der Waals surface area contributed by atoms with Gasteiger partial charge in [0.25, 0.3) is 0 Å². The Labute approximate surface area is 121 Å². The van der Waals surface area contributed by atoms with Gasteiger partial charge in [0.2, 0.25) is 0 Å². The summed E-state index contributed by atoms with van der Waals surface area (Å²) in [4.78, 5) is 0. The van der Waals surface area contributed by atoms with Crippen LogP contribution in [0.4, 0.5) is 0 Å². The highest BCUT2D eigenvalue weighted by Crippen LogP contribution is 2.29. The third-order valence-electron chi connectivity index (χ3n) is 4.23. The Morgan fingerprint density at radius 2 is 2.30 bits per heavy atom. The summed E-state index contributed by atoms with van der Waals surface area (Å²) in [6.07, 6.45) is 0.556. The van der Waals surface area contributed by atoms with Gasteiger partial charge >= 0.3 is 0 Å². The Morgan fingerprint density at radius 1 is 1.55 bits per heavy atom. The predicted octanol–water partition coefficient (Wildman–Crippen LogP) is 2.19. The van der Waals surface area contributed by atoms with Crippen LogP contribution in [-0.4, -0.2) is 37.1 Å². The Kier molecular flexibility index (Phi) is 4.68. The van der Waals surface area contributed by atoms with E-state index in [1.165, 1.54) is 5.56 Å². The van der Waals surface area contributed by atoms with E-state index in [2.05, 4.69) is 25.2 Å². The number of rotatable bonds is 5. The second-order valence-corrected chi connectivity index (χ2v) is 5.71. The zero-order chi connectivity index (χ0) is 14.8. The van der Waals surface area contributed by atoms with Crippen molar-refractivity contribution in [2.45, 2.75) is 44.9 Å². The van der Waals surface area contributed by atoms with E-state index in [1.54, 1.807) is 7.11 Å². The first-order chi connectivity index (χ1) is 9.46. The molecule has 1 fully saturated rings. The van der Waals surface area contributed by atoms with Crippen LogP contribution in [-0.2, 0) is 4.74 Å². The highest BCUT2D eigenvalue weighted by molar-refractivity contribution is 5.38. The molecule has 1 saturated heterocycles. The van der Waals surface area contributed by atoms with Crippen molar-refractivity contribution in [2.24, 2.45) is 0 Å². The van der Waals surface area contributed by atoms with Gasteiger partial charge in [-0.2, -0.15) is 0 Å². The van der Waals surface area contributed by atoms with E-state index in [4.69, 9.17) is 9.47 Å². The number of ether oxygens (including phenoxy) is 2. The molecule has 3 unspecified atom stereocenters. The number of benzene rings is 1. The molecule has 0 aliphatic carbocycles. The number of hydrogen-bond acceptors (Lipinski definition) is 4. The zero-order valence-corrected chi connectivity index (χ0v) is 12.8. The van der Waals surface area contributed by atoms with Crippen LogP contribution in [0.1, 0.15) is 37.4 Å². The minimum Gasteiger partial charge on any atom is -0.496 e. The van der Waals surface area contributed by atoms with Crippen molar-refractivity contribution in [1.29, 1.82) is 0 Å². The van der Waals surface area contributed by atoms with Crippen molar-refractivity contribution < 1.29 is 14.6 Å². The van der Waals surface area contributed by atoms with Gasteiger partial charge in [-0.05, 0) is 26.8 Å². The van der Waals surface area contributed by atoms with Gasteiger partial charge in [0.05, 0.1) is 13.2 Å². The lowest BCUT2D eigenvalue weighted by molar-refractivity contribution is -0.0274. The van der Waals surface area contributed by atoms with Crippen molar-refractivity contribution in [1.82, 2.24) is 5.32 Å². The van der Waals surface area contributed by atoms with Gasteiger partial charge in [0.15, 0.2) is 0 Å². The quantitative estimate of drug-likeness (QED) is 0.867. The summed E-state index contributed by atoms with van der Waals surface area (Å²) >= 11 is 0. The van der Waals surface area contributed by atoms with Gasteiger partial charge < -0.3 is 19.9 Å². The smallest absolute Gasteiger partial charge is 0.123 e. The lowest BCUT2D eigenvalue weighted by Gasteiger charge is -2.28. The first kappa shape index (κ1) is 15.3. The maximum absolute atomic E-state index is 10.5. The molecule has 1 aliphatic rings. The number of methoxy groups -OCH3 is 1. The van der Waals surface area contributed by atoms with Gasteiger partial charge in [0, 0.05) is 31.2 Å². The molecule has 0 spiro atoms. The summed E-state index contributed by atoms with van der Waals surface area (Å²) < 4.78 is 10.9. The minimum atomic E-state index is -0.772. The van der Waals surface area contributed by atoms with Gasteiger partial charge in [-0.15, -0.1) is 0 Å². The molecule has 2 rings (SSSR count). The molecule has 0 bridgehead atoms. The highest BCUT2D eigenvalue weighted by atomic mass is 16.5. The highest BCUT2D eigenvalue weighted by Gasteiger charge is 2.39. The molecule has 0 amide bonds. The summed E-state index contributed by atoms with van der Waals surface area (Å²) in [5, 5.41) is 13.9. The van der Waals surface area contributed by atoms with Crippen molar-refractivity contribution >= 4 is 0 Å². The Balaban J connectivity index is 2.05. The topological polar surface area (TPSA) is 50.7 Å². The molecule has 0 radical (unpaired) electrons. The molecular formula is C16H25NO3. The van der Waals surface area contributed by atoms with Crippen LogP contribution < -0.4 is 10.1 Å². The number of aryl methyl sites for hydroxylation is 1. The average Bonchev–Trinajstić information content (AvgIpc) is 2.76. The van der Waals surface area contributed by atoms with Crippen LogP contribution in [0.3, 0.4) is 0 Å². The van der Waals surface area contributed by atoms with Crippen molar-refractivity contribution in [2.75, 3.05) is 20.3 Å². The first-order valence-electron chi connectivity index (χ1n) is 7.18. The number of hydrogen-bond donors (Lipinski definition) is 2. The number of nitrogens with one attached hydrogen (secondary N) is 1. The molecular weight excluding hydrogens is 254 g/mol. The van der Waals surface area contributed by atoms with Gasteiger partial charge in [0.1, 0.15) is 11.4 Å². The van der Waals surface area contributed by atoms with Crippen molar-refractivity contribution in [3.8, 4) is 5.75 Å². The van der Waals surface area contributed by atoms with Crippen molar-refractivity contribution in [3.63, 3.8) is 0 Å². The Hall–Kier alpha value is -1.10. The molecule has 112 valence electrons. The molecule has 1 heterocycles.